The van der Waals surface area contributed by atoms with E-state index in [1.807, 2.05) is 4.90 Å². The Kier molecular flexibility index (Phi) is 10.3. The molecule has 0 spiro atoms. The lowest BCUT2D eigenvalue weighted by Gasteiger charge is -2.23. The van der Waals surface area contributed by atoms with E-state index in [-0.39, 0.29) is 11.7 Å². The summed E-state index contributed by atoms with van der Waals surface area (Å²) in [5.74, 6) is 0.418. The Labute approximate surface area is 157 Å². The van der Waals surface area contributed by atoms with Gasteiger partial charge in [-0.2, -0.15) is 8.42 Å². The second-order valence-corrected chi connectivity index (χ2v) is 7.98. The molecule has 0 radical (unpaired) electrons. The second kappa shape index (κ2) is 11.9. The Bertz CT molecular complexity index is 628. The van der Waals surface area contributed by atoms with E-state index in [2.05, 4.69) is 6.92 Å². The van der Waals surface area contributed by atoms with Crippen LogP contribution in [0.3, 0.4) is 0 Å². The summed E-state index contributed by atoms with van der Waals surface area (Å²) < 4.78 is 32.2. The molecule has 0 aliphatic rings. The van der Waals surface area contributed by atoms with Crippen molar-refractivity contribution in [1.29, 1.82) is 0 Å². The van der Waals surface area contributed by atoms with E-state index in [0.29, 0.717) is 26.1 Å². The first-order chi connectivity index (χ1) is 12.4. The molecule has 0 bridgehead atoms. The fourth-order valence-corrected chi connectivity index (χ4v) is 3.06. The van der Waals surface area contributed by atoms with Gasteiger partial charge in [-0.05, 0) is 30.5 Å². The van der Waals surface area contributed by atoms with Crippen molar-refractivity contribution in [2.75, 3.05) is 26.5 Å². The summed E-state index contributed by atoms with van der Waals surface area (Å²) in [6, 6.07) is 6.78. The van der Waals surface area contributed by atoms with E-state index < -0.39 is 10.1 Å². The molecule has 1 rings (SSSR count). The Morgan fingerprint density at radius 3 is 2.35 bits per heavy atom. The monoisotopic (exact) mass is 385 g/mol. The molecule has 0 atom stereocenters. The number of rotatable bonds is 13. The van der Waals surface area contributed by atoms with Crippen molar-refractivity contribution in [2.24, 2.45) is 0 Å². The summed E-state index contributed by atoms with van der Waals surface area (Å²) in [6.07, 6.45) is 6.64. The molecule has 0 heterocycles. The molecule has 1 aromatic rings. The average molecular weight is 386 g/mol. The fourth-order valence-electron chi connectivity index (χ4n) is 2.60. The van der Waals surface area contributed by atoms with Crippen LogP contribution >= 0.6 is 0 Å². The van der Waals surface area contributed by atoms with Crippen LogP contribution in [0.5, 0.6) is 5.75 Å². The lowest BCUT2D eigenvalue weighted by atomic mass is 10.1. The van der Waals surface area contributed by atoms with Gasteiger partial charge in [0.05, 0.1) is 6.26 Å². The summed E-state index contributed by atoms with van der Waals surface area (Å²) in [5.41, 5.74) is 0.935. The predicted molar refractivity (Wildman–Crippen MR) is 103 cm³/mol. The van der Waals surface area contributed by atoms with Gasteiger partial charge in [0.2, 0.25) is 5.91 Å². The summed E-state index contributed by atoms with van der Waals surface area (Å²) in [7, 11) is -1.88. The van der Waals surface area contributed by atoms with Crippen molar-refractivity contribution < 1.29 is 22.1 Å². The number of unbranched alkanes of at least 4 members (excludes halogenated alkanes) is 3. The van der Waals surface area contributed by atoms with Crippen LogP contribution in [-0.4, -0.2) is 45.7 Å². The zero-order valence-electron chi connectivity index (χ0n) is 16.1. The highest BCUT2D eigenvalue weighted by Crippen LogP contribution is 2.16. The quantitative estimate of drug-likeness (QED) is 0.384. The van der Waals surface area contributed by atoms with Crippen molar-refractivity contribution >= 4 is 16.0 Å². The van der Waals surface area contributed by atoms with Gasteiger partial charge in [-0.25, -0.2) is 0 Å². The fraction of sp³-hybridized carbons (Fsp3) is 0.632. The topological polar surface area (TPSA) is 72.9 Å². The van der Waals surface area contributed by atoms with Crippen LogP contribution in [0.25, 0.3) is 0 Å². The largest absolute Gasteiger partial charge is 0.385 e. The van der Waals surface area contributed by atoms with E-state index in [9.17, 15) is 13.2 Å². The second-order valence-electron chi connectivity index (χ2n) is 6.40. The molecule has 6 nitrogen and oxygen atoms in total. The van der Waals surface area contributed by atoms with E-state index in [4.69, 9.17) is 8.92 Å². The van der Waals surface area contributed by atoms with Crippen LogP contribution in [0.2, 0.25) is 0 Å². The number of methoxy groups -OCH3 is 1. The molecule has 0 unspecified atom stereocenters. The van der Waals surface area contributed by atoms with Crippen molar-refractivity contribution in [3.05, 3.63) is 29.8 Å². The maximum Gasteiger partial charge on any atom is 0.306 e. The van der Waals surface area contributed by atoms with E-state index in [1.54, 1.807) is 31.4 Å². The lowest BCUT2D eigenvalue weighted by Crippen LogP contribution is -2.31. The standard InChI is InChI=1S/C19H31NO5S/c1-4-5-6-7-9-19(21)20(14-8-15-24-2)16-17-10-12-18(13-11-17)25-26(3,22)23/h10-13H,4-9,14-16H2,1-3H3. The molecule has 1 aromatic carbocycles. The molecular weight excluding hydrogens is 354 g/mol. The minimum Gasteiger partial charge on any atom is -0.385 e. The summed E-state index contributed by atoms with van der Waals surface area (Å²) in [6.45, 7) is 3.90. The van der Waals surface area contributed by atoms with Gasteiger partial charge in [0, 0.05) is 33.2 Å². The smallest absolute Gasteiger partial charge is 0.306 e. The van der Waals surface area contributed by atoms with Gasteiger partial charge in [0.1, 0.15) is 5.75 Å². The van der Waals surface area contributed by atoms with Crippen LogP contribution in [0.1, 0.15) is 51.0 Å². The number of hydrogen-bond acceptors (Lipinski definition) is 5. The van der Waals surface area contributed by atoms with Crippen LogP contribution in [0.15, 0.2) is 24.3 Å². The van der Waals surface area contributed by atoms with Crippen molar-refractivity contribution in [3.8, 4) is 5.75 Å². The molecule has 26 heavy (non-hydrogen) atoms. The van der Waals surface area contributed by atoms with E-state index >= 15 is 0 Å². The van der Waals surface area contributed by atoms with Crippen LogP contribution < -0.4 is 4.18 Å². The molecule has 0 aliphatic carbocycles. The Balaban J connectivity index is 2.66. The molecular formula is C19H31NO5S. The number of benzene rings is 1. The molecule has 148 valence electrons. The summed E-state index contributed by atoms with van der Waals surface area (Å²) in [5, 5.41) is 0. The first-order valence-electron chi connectivity index (χ1n) is 9.11. The van der Waals surface area contributed by atoms with Gasteiger partial charge >= 0.3 is 10.1 Å². The number of hydrogen-bond donors (Lipinski definition) is 0. The lowest BCUT2D eigenvalue weighted by molar-refractivity contribution is -0.132. The van der Waals surface area contributed by atoms with Crippen molar-refractivity contribution in [3.63, 3.8) is 0 Å². The van der Waals surface area contributed by atoms with Crippen molar-refractivity contribution in [2.45, 2.75) is 52.0 Å². The third-order valence-corrected chi connectivity index (χ3v) is 4.41. The number of nitrogens with zero attached hydrogens (tertiary/aromatic N) is 1. The average Bonchev–Trinajstić information content (AvgIpc) is 2.58. The van der Waals surface area contributed by atoms with Crippen molar-refractivity contribution in [1.82, 2.24) is 4.90 Å². The van der Waals surface area contributed by atoms with E-state index in [1.165, 1.54) is 0 Å². The van der Waals surface area contributed by atoms with Gasteiger partial charge in [0.15, 0.2) is 0 Å². The highest BCUT2D eigenvalue weighted by Gasteiger charge is 2.14. The minimum absolute atomic E-state index is 0.147. The van der Waals surface area contributed by atoms with Crippen LogP contribution in [0.4, 0.5) is 0 Å². The molecule has 7 heteroatoms. The highest BCUT2D eigenvalue weighted by molar-refractivity contribution is 7.86. The molecule has 0 aromatic heterocycles. The van der Waals surface area contributed by atoms with Gasteiger partial charge in [-0.1, -0.05) is 38.3 Å². The van der Waals surface area contributed by atoms with Gasteiger partial charge < -0.3 is 13.8 Å². The summed E-state index contributed by atoms with van der Waals surface area (Å²) in [4.78, 5) is 14.4. The molecule has 0 N–H and O–H groups in total. The Hall–Kier alpha value is -1.60. The normalized spacial score (nSPS) is 11.3. The molecule has 1 amide bonds. The zero-order chi connectivity index (χ0) is 19.4. The van der Waals surface area contributed by atoms with Crippen LogP contribution in [-0.2, 0) is 26.2 Å². The Morgan fingerprint density at radius 1 is 1.08 bits per heavy atom. The third kappa shape index (κ3) is 9.77. The molecule has 0 saturated carbocycles. The first kappa shape index (κ1) is 22.4. The predicted octanol–water partition coefficient (Wildman–Crippen LogP) is 3.36. The van der Waals surface area contributed by atoms with Crippen LogP contribution in [0, 0.1) is 0 Å². The maximum absolute atomic E-state index is 12.5. The van der Waals surface area contributed by atoms with Gasteiger partial charge in [-0.15, -0.1) is 0 Å². The molecule has 0 saturated heterocycles. The first-order valence-corrected chi connectivity index (χ1v) is 10.9. The number of carbonyl (C=O) groups excluding carboxylic acids is 1. The highest BCUT2D eigenvalue weighted by atomic mass is 32.2. The number of ether oxygens (including phenoxy) is 1. The van der Waals surface area contributed by atoms with E-state index in [0.717, 1.165) is 43.9 Å². The number of carbonyl (C=O) groups is 1. The Morgan fingerprint density at radius 2 is 1.77 bits per heavy atom. The van der Waals surface area contributed by atoms with Gasteiger partial charge in [-0.3, -0.25) is 4.79 Å². The minimum atomic E-state index is -3.53. The SMILES string of the molecule is CCCCCCC(=O)N(CCCOC)Cc1ccc(OS(C)(=O)=O)cc1. The number of amides is 1. The summed E-state index contributed by atoms with van der Waals surface area (Å²) >= 11 is 0. The zero-order valence-corrected chi connectivity index (χ0v) is 16.9. The third-order valence-electron chi connectivity index (χ3n) is 3.92. The maximum atomic E-state index is 12.5. The molecule has 0 fully saturated rings. The van der Waals surface area contributed by atoms with Gasteiger partial charge in [0.25, 0.3) is 0 Å². The molecule has 0 aliphatic heterocycles.